The molecule has 3 aromatic rings. The van der Waals surface area contributed by atoms with Gasteiger partial charge < -0.3 is 14.0 Å². The van der Waals surface area contributed by atoms with Gasteiger partial charge in [0.2, 0.25) is 0 Å². The van der Waals surface area contributed by atoms with Crippen LogP contribution in [0.1, 0.15) is 5.56 Å². The van der Waals surface area contributed by atoms with Crippen LogP contribution < -0.4 is 9.64 Å². The van der Waals surface area contributed by atoms with E-state index in [1.165, 1.54) is 5.56 Å². The summed E-state index contributed by atoms with van der Waals surface area (Å²) in [6.07, 6.45) is 7.55. The average Bonchev–Trinajstić information content (AvgIpc) is 3.12. The van der Waals surface area contributed by atoms with Gasteiger partial charge in [-0.3, -0.25) is 4.90 Å². The van der Waals surface area contributed by atoms with Crippen molar-refractivity contribution in [2.45, 2.75) is 6.54 Å². The van der Waals surface area contributed by atoms with Crippen molar-refractivity contribution >= 4 is 11.5 Å². The average molecular weight is 323 g/mol. The number of fused-ring (bicyclic) bond motifs is 1. The number of imidazole rings is 1. The molecule has 6 nitrogen and oxygen atoms in total. The number of ether oxygens (including phenoxy) is 1. The predicted molar refractivity (Wildman–Crippen MR) is 93.5 cm³/mol. The molecule has 2 aromatic heterocycles. The van der Waals surface area contributed by atoms with Gasteiger partial charge in [0.05, 0.1) is 7.11 Å². The maximum absolute atomic E-state index is 5.46. The van der Waals surface area contributed by atoms with Crippen LogP contribution >= 0.6 is 0 Å². The highest BCUT2D eigenvalue weighted by Crippen LogP contribution is 2.22. The molecule has 1 aromatic carbocycles. The lowest BCUT2D eigenvalue weighted by Gasteiger charge is -2.35. The molecule has 0 spiro atoms. The standard InChI is InChI=1S/C18H21N5O/c1-24-16-5-3-2-4-15(16)14-21-10-12-23(13-11-21)18-17-19-6-8-22(17)9-7-20-18/h2-9H,10-14H2,1H3. The van der Waals surface area contributed by atoms with E-state index in [1.54, 1.807) is 7.11 Å². The Morgan fingerprint density at radius 3 is 2.54 bits per heavy atom. The number of benzene rings is 1. The molecule has 1 fully saturated rings. The molecule has 4 rings (SSSR count). The number of hydrogen-bond donors (Lipinski definition) is 0. The fourth-order valence-electron chi connectivity index (χ4n) is 3.26. The van der Waals surface area contributed by atoms with Crippen molar-refractivity contribution in [3.63, 3.8) is 0 Å². The molecule has 0 aliphatic carbocycles. The van der Waals surface area contributed by atoms with Gasteiger partial charge in [0.15, 0.2) is 11.5 Å². The minimum Gasteiger partial charge on any atom is -0.496 e. The van der Waals surface area contributed by atoms with Crippen molar-refractivity contribution < 1.29 is 4.74 Å². The SMILES string of the molecule is COc1ccccc1CN1CCN(c2nccn3ccnc23)CC1. The van der Waals surface area contributed by atoms with Gasteiger partial charge in [-0.15, -0.1) is 0 Å². The summed E-state index contributed by atoms with van der Waals surface area (Å²) in [6, 6.07) is 8.24. The van der Waals surface area contributed by atoms with E-state index in [9.17, 15) is 0 Å². The molecule has 1 saturated heterocycles. The lowest BCUT2D eigenvalue weighted by Crippen LogP contribution is -2.46. The monoisotopic (exact) mass is 323 g/mol. The first-order chi connectivity index (χ1) is 11.8. The molecule has 3 heterocycles. The summed E-state index contributed by atoms with van der Waals surface area (Å²) in [7, 11) is 1.73. The minimum atomic E-state index is 0.916. The lowest BCUT2D eigenvalue weighted by atomic mass is 10.1. The van der Waals surface area contributed by atoms with Crippen molar-refractivity contribution in [3.8, 4) is 5.75 Å². The highest BCUT2D eigenvalue weighted by Gasteiger charge is 2.21. The molecule has 6 heteroatoms. The van der Waals surface area contributed by atoms with Crippen molar-refractivity contribution in [2.24, 2.45) is 0 Å². The number of nitrogens with zero attached hydrogens (tertiary/aromatic N) is 5. The molecular formula is C18H21N5O. The third-order valence-corrected chi connectivity index (χ3v) is 4.55. The Hall–Kier alpha value is -2.60. The maximum Gasteiger partial charge on any atom is 0.180 e. The first-order valence-electron chi connectivity index (χ1n) is 8.22. The highest BCUT2D eigenvalue weighted by atomic mass is 16.5. The summed E-state index contributed by atoms with van der Waals surface area (Å²) in [5.74, 6) is 1.93. The zero-order valence-electron chi connectivity index (χ0n) is 13.8. The van der Waals surface area contributed by atoms with Crippen LogP contribution in [-0.2, 0) is 6.54 Å². The summed E-state index contributed by atoms with van der Waals surface area (Å²) in [5.41, 5.74) is 2.16. The molecule has 0 N–H and O–H groups in total. The number of hydrogen-bond acceptors (Lipinski definition) is 5. The van der Waals surface area contributed by atoms with Crippen LogP contribution in [0.4, 0.5) is 5.82 Å². The zero-order valence-corrected chi connectivity index (χ0v) is 13.8. The van der Waals surface area contributed by atoms with E-state index in [1.807, 2.05) is 41.3 Å². The third-order valence-electron chi connectivity index (χ3n) is 4.55. The van der Waals surface area contributed by atoms with Gasteiger partial charge in [-0.2, -0.15) is 0 Å². The Kier molecular flexibility index (Phi) is 4.04. The largest absolute Gasteiger partial charge is 0.496 e. The Balaban J connectivity index is 1.44. The van der Waals surface area contributed by atoms with E-state index < -0.39 is 0 Å². The van der Waals surface area contributed by atoms with Crippen LogP contribution in [0.5, 0.6) is 5.75 Å². The number of methoxy groups -OCH3 is 1. The van der Waals surface area contributed by atoms with Gasteiger partial charge in [-0.05, 0) is 6.07 Å². The summed E-state index contributed by atoms with van der Waals surface area (Å²) >= 11 is 0. The van der Waals surface area contributed by atoms with Crippen LogP contribution in [0, 0.1) is 0 Å². The van der Waals surface area contributed by atoms with Crippen LogP contribution in [0.25, 0.3) is 5.65 Å². The smallest absolute Gasteiger partial charge is 0.180 e. The van der Waals surface area contributed by atoms with E-state index in [-0.39, 0.29) is 0 Å². The van der Waals surface area contributed by atoms with Crippen LogP contribution in [0.2, 0.25) is 0 Å². The maximum atomic E-state index is 5.46. The normalized spacial score (nSPS) is 15.8. The van der Waals surface area contributed by atoms with Crippen LogP contribution in [0.15, 0.2) is 49.1 Å². The van der Waals surface area contributed by atoms with Crippen molar-refractivity contribution in [1.82, 2.24) is 19.3 Å². The van der Waals surface area contributed by atoms with Crippen molar-refractivity contribution in [2.75, 3.05) is 38.2 Å². The molecule has 24 heavy (non-hydrogen) atoms. The first kappa shape index (κ1) is 15.0. The number of rotatable bonds is 4. The summed E-state index contributed by atoms with van der Waals surface area (Å²) in [4.78, 5) is 13.8. The van der Waals surface area contributed by atoms with E-state index in [0.717, 1.165) is 49.9 Å². The molecule has 0 unspecified atom stereocenters. The van der Waals surface area contributed by atoms with Crippen LogP contribution in [0.3, 0.4) is 0 Å². The van der Waals surface area contributed by atoms with E-state index in [2.05, 4.69) is 31.9 Å². The fourth-order valence-corrected chi connectivity index (χ4v) is 3.26. The second-order valence-corrected chi connectivity index (χ2v) is 5.98. The Bertz CT molecular complexity index is 823. The van der Waals surface area contributed by atoms with Crippen LogP contribution in [-0.4, -0.2) is 52.6 Å². The lowest BCUT2D eigenvalue weighted by molar-refractivity contribution is 0.245. The fraction of sp³-hybridized carbons (Fsp3) is 0.333. The predicted octanol–water partition coefficient (Wildman–Crippen LogP) is 2.06. The Morgan fingerprint density at radius 1 is 1.00 bits per heavy atom. The molecule has 1 aliphatic rings. The quantitative estimate of drug-likeness (QED) is 0.735. The van der Waals surface area contributed by atoms with E-state index >= 15 is 0 Å². The zero-order chi connectivity index (χ0) is 16.4. The second kappa shape index (κ2) is 6.49. The number of aromatic nitrogens is 3. The Labute approximate surface area is 141 Å². The molecule has 0 amide bonds. The number of piperazine rings is 1. The Morgan fingerprint density at radius 2 is 1.75 bits per heavy atom. The van der Waals surface area contributed by atoms with Crippen molar-refractivity contribution in [3.05, 3.63) is 54.6 Å². The van der Waals surface area contributed by atoms with Gasteiger partial charge in [0.25, 0.3) is 0 Å². The molecule has 0 bridgehead atoms. The van der Waals surface area contributed by atoms with Crippen molar-refractivity contribution in [1.29, 1.82) is 0 Å². The van der Waals surface area contributed by atoms with Gasteiger partial charge in [0, 0.05) is 63.1 Å². The van der Waals surface area contributed by atoms with Gasteiger partial charge in [-0.1, -0.05) is 18.2 Å². The first-order valence-corrected chi connectivity index (χ1v) is 8.22. The molecule has 124 valence electrons. The molecular weight excluding hydrogens is 302 g/mol. The summed E-state index contributed by atoms with van der Waals surface area (Å²) in [5, 5.41) is 0. The topological polar surface area (TPSA) is 45.9 Å². The van der Waals surface area contributed by atoms with Gasteiger partial charge >= 0.3 is 0 Å². The summed E-state index contributed by atoms with van der Waals surface area (Å²) < 4.78 is 7.48. The molecule has 0 saturated carbocycles. The molecule has 0 atom stereocenters. The molecule has 0 radical (unpaired) electrons. The van der Waals surface area contributed by atoms with Gasteiger partial charge in [-0.25, -0.2) is 9.97 Å². The third kappa shape index (κ3) is 2.80. The summed E-state index contributed by atoms with van der Waals surface area (Å²) in [6.45, 7) is 4.82. The molecule has 1 aliphatic heterocycles. The number of anilines is 1. The number of para-hydroxylation sites is 1. The second-order valence-electron chi connectivity index (χ2n) is 5.98. The van der Waals surface area contributed by atoms with E-state index in [4.69, 9.17) is 4.74 Å². The minimum absolute atomic E-state index is 0.916. The van der Waals surface area contributed by atoms with E-state index in [0.29, 0.717) is 0 Å². The van der Waals surface area contributed by atoms with Gasteiger partial charge in [0.1, 0.15) is 5.75 Å². The highest BCUT2D eigenvalue weighted by molar-refractivity contribution is 5.64.